The molecule has 2 nitrogen and oxygen atoms in total. The summed E-state index contributed by atoms with van der Waals surface area (Å²) in [5.74, 6) is -4.95. The summed E-state index contributed by atoms with van der Waals surface area (Å²) in [5, 5.41) is 0. The molecule has 0 saturated heterocycles. The van der Waals surface area contributed by atoms with Gasteiger partial charge < -0.3 is 5.73 Å². The minimum atomic E-state index is -2.86. The third-order valence-corrected chi connectivity index (χ3v) is 2.11. The monoisotopic (exact) mass is 199 g/mol. The summed E-state index contributed by atoms with van der Waals surface area (Å²) in [4.78, 5) is 10.5. The van der Waals surface area contributed by atoms with E-state index in [1.165, 1.54) is 0 Å². The summed E-state index contributed by atoms with van der Waals surface area (Å²) < 4.78 is 25.6. The van der Waals surface area contributed by atoms with Crippen LogP contribution in [0, 0.1) is 5.92 Å². The molecule has 0 aromatic carbocycles. The van der Waals surface area contributed by atoms with Crippen LogP contribution in [0.3, 0.4) is 0 Å². The van der Waals surface area contributed by atoms with Crippen LogP contribution in [0.15, 0.2) is 0 Å². The highest BCUT2D eigenvalue weighted by Gasteiger charge is 2.44. The standard InChI is InChI=1S/C7H11F2NO.ClH/c8-7(9)4-2-1-3-5(7)6(10)11;/h5H,1-4H2,(H2,10,11);1H. The Morgan fingerprint density at radius 1 is 1.42 bits per heavy atom. The fraction of sp³-hybridized carbons (Fsp3) is 0.857. The second kappa shape index (κ2) is 4.03. The van der Waals surface area contributed by atoms with Gasteiger partial charge in [0.2, 0.25) is 5.91 Å². The SMILES string of the molecule is Cl.NC(=O)C1CCCCC1(F)F. The molecular formula is C7H12ClF2NO. The van der Waals surface area contributed by atoms with Crippen LogP contribution >= 0.6 is 12.4 Å². The van der Waals surface area contributed by atoms with Gasteiger partial charge in [-0.3, -0.25) is 4.79 Å². The molecular weight excluding hydrogens is 188 g/mol. The van der Waals surface area contributed by atoms with Crippen molar-refractivity contribution in [1.82, 2.24) is 0 Å². The van der Waals surface area contributed by atoms with E-state index < -0.39 is 17.7 Å². The van der Waals surface area contributed by atoms with Gasteiger partial charge in [0.05, 0.1) is 0 Å². The maximum atomic E-state index is 12.8. The lowest BCUT2D eigenvalue weighted by atomic mass is 9.85. The molecule has 5 heteroatoms. The molecule has 0 bridgehead atoms. The van der Waals surface area contributed by atoms with Gasteiger partial charge in [-0.25, -0.2) is 8.78 Å². The molecule has 2 N–H and O–H groups in total. The van der Waals surface area contributed by atoms with Crippen LogP contribution in [0.4, 0.5) is 8.78 Å². The number of primary amides is 1. The summed E-state index contributed by atoms with van der Waals surface area (Å²) in [5.41, 5.74) is 4.82. The van der Waals surface area contributed by atoms with Crippen molar-refractivity contribution in [3.05, 3.63) is 0 Å². The van der Waals surface area contributed by atoms with Crippen molar-refractivity contribution in [2.75, 3.05) is 0 Å². The first-order valence-electron chi connectivity index (χ1n) is 3.71. The van der Waals surface area contributed by atoms with Crippen LogP contribution in [-0.2, 0) is 4.79 Å². The molecule has 1 rings (SSSR count). The largest absolute Gasteiger partial charge is 0.369 e. The van der Waals surface area contributed by atoms with Gasteiger partial charge in [0.15, 0.2) is 0 Å². The molecule has 1 amide bonds. The number of amides is 1. The van der Waals surface area contributed by atoms with Crippen LogP contribution < -0.4 is 5.73 Å². The van der Waals surface area contributed by atoms with E-state index >= 15 is 0 Å². The predicted octanol–water partition coefficient (Wildman–Crippen LogP) is 1.72. The Balaban J connectivity index is 0.00000121. The average molecular weight is 200 g/mol. The number of nitrogens with two attached hydrogens (primary N) is 1. The highest BCUT2D eigenvalue weighted by molar-refractivity contribution is 5.85. The van der Waals surface area contributed by atoms with Crippen LogP contribution in [0.25, 0.3) is 0 Å². The predicted molar refractivity (Wildman–Crippen MR) is 43.3 cm³/mol. The number of hydrogen-bond acceptors (Lipinski definition) is 1. The van der Waals surface area contributed by atoms with E-state index in [-0.39, 0.29) is 25.2 Å². The van der Waals surface area contributed by atoms with E-state index in [1.54, 1.807) is 0 Å². The van der Waals surface area contributed by atoms with Crippen molar-refractivity contribution in [3.8, 4) is 0 Å². The van der Waals surface area contributed by atoms with Crippen LogP contribution in [0.2, 0.25) is 0 Å². The number of hydrogen-bond donors (Lipinski definition) is 1. The number of halogens is 3. The minimum Gasteiger partial charge on any atom is -0.369 e. The molecule has 1 aliphatic carbocycles. The zero-order chi connectivity index (χ0) is 8.48. The maximum absolute atomic E-state index is 12.8. The second-order valence-corrected chi connectivity index (χ2v) is 2.96. The molecule has 1 aliphatic rings. The van der Waals surface area contributed by atoms with E-state index in [2.05, 4.69) is 0 Å². The van der Waals surface area contributed by atoms with E-state index in [0.717, 1.165) is 0 Å². The van der Waals surface area contributed by atoms with Gasteiger partial charge in [-0.15, -0.1) is 12.4 Å². The van der Waals surface area contributed by atoms with Crippen molar-refractivity contribution in [3.63, 3.8) is 0 Å². The lowest BCUT2D eigenvalue weighted by Crippen LogP contribution is -2.40. The Bertz CT molecular complexity index is 175. The highest BCUT2D eigenvalue weighted by atomic mass is 35.5. The molecule has 0 spiro atoms. The van der Waals surface area contributed by atoms with Gasteiger partial charge in [-0.05, 0) is 12.8 Å². The van der Waals surface area contributed by atoms with E-state index in [4.69, 9.17) is 5.73 Å². The zero-order valence-corrected chi connectivity index (χ0v) is 7.37. The van der Waals surface area contributed by atoms with E-state index in [0.29, 0.717) is 12.8 Å². The summed E-state index contributed by atoms with van der Waals surface area (Å²) in [6.07, 6.45) is 1.23. The first-order valence-corrected chi connectivity index (χ1v) is 3.71. The third kappa shape index (κ3) is 2.30. The lowest BCUT2D eigenvalue weighted by molar-refractivity contribution is -0.142. The van der Waals surface area contributed by atoms with Gasteiger partial charge in [0.1, 0.15) is 5.92 Å². The minimum absolute atomic E-state index is 0. The van der Waals surface area contributed by atoms with Crippen LogP contribution in [0.5, 0.6) is 0 Å². The van der Waals surface area contributed by atoms with Crippen molar-refractivity contribution in [1.29, 1.82) is 0 Å². The molecule has 72 valence electrons. The van der Waals surface area contributed by atoms with Crippen molar-refractivity contribution in [2.45, 2.75) is 31.6 Å². The Labute approximate surface area is 75.9 Å². The van der Waals surface area contributed by atoms with Crippen molar-refractivity contribution >= 4 is 18.3 Å². The summed E-state index contributed by atoms with van der Waals surface area (Å²) in [6.45, 7) is 0. The molecule has 0 aromatic rings. The molecule has 1 fully saturated rings. The Morgan fingerprint density at radius 2 is 2.00 bits per heavy atom. The first kappa shape index (κ1) is 11.6. The first-order chi connectivity index (χ1) is 5.04. The number of rotatable bonds is 1. The molecule has 1 saturated carbocycles. The molecule has 1 atom stereocenters. The fourth-order valence-electron chi connectivity index (χ4n) is 1.44. The highest BCUT2D eigenvalue weighted by Crippen LogP contribution is 2.37. The van der Waals surface area contributed by atoms with Crippen molar-refractivity contribution < 1.29 is 13.6 Å². The smallest absolute Gasteiger partial charge is 0.259 e. The lowest BCUT2D eigenvalue weighted by Gasteiger charge is -2.28. The molecule has 0 radical (unpaired) electrons. The van der Waals surface area contributed by atoms with Gasteiger partial charge in [0, 0.05) is 6.42 Å². The van der Waals surface area contributed by atoms with Crippen LogP contribution in [0.1, 0.15) is 25.7 Å². The van der Waals surface area contributed by atoms with E-state index in [9.17, 15) is 13.6 Å². The number of carbonyl (C=O) groups is 1. The fourth-order valence-corrected chi connectivity index (χ4v) is 1.44. The Kier molecular flexibility index (Phi) is 3.90. The summed E-state index contributed by atoms with van der Waals surface area (Å²) in [6, 6.07) is 0. The van der Waals surface area contributed by atoms with Gasteiger partial charge in [-0.2, -0.15) is 0 Å². The van der Waals surface area contributed by atoms with Gasteiger partial charge >= 0.3 is 0 Å². The second-order valence-electron chi connectivity index (χ2n) is 2.96. The Hall–Kier alpha value is -0.380. The molecule has 1 unspecified atom stereocenters. The zero-order valence-electron chi connectivity index (χ0n) is 6.56. The average Bonchev–Trinajstić information content (AvgIpc) is 1.85. The molecule has 12 heavy (non-hydrogen) atoms. The maximum Gasteiger partial charge on any atom is 0.259 e. The molecule has 0 heterocycles. The topological polar surface area (TPSA) is 43.1 Å². The van der Waals surface area contributed by atoms with Crippen LogP contribution in [-0.4, -0.2) is 11.8 Å². The molecule has 0 aliphatic heterocycles. The van der Waals surface area contributed by atoms with Gasteiger partial charge in [-0.1, -0.05) is 6.42 Å². The summed E-state index contributed by atoms with van der Waals surface area (Å²) >= 11 is 0. The quantitative estimate of drug-likeness (QED) is 0.687. The van der Waals surface area contributed by atoms with Gasteiger partial charge in [0.25, 0.3) is 5.92 Å². The third-order valence-electron chi connectivity index (χ3n) is 2.11. The van der Waals surface area contributed by atoms with E-state index in [1.807, 2.05) is 0 Å². The number of alkyl halides is 2. The number of carbonyl (C=O) groups excluding carboxylic acids is 1. The summed E-state index contributed by atoms with van der Waals surface area (Å²) in [7, 11) is 0. The molecule has 0 aromatic heterocycles. The van der Waals surface area contributed by atoms with Crippen molar-refractivity contribution in [2.24, 2.45) is 11.7 Å². The normalized spacial score (nSPS) is 27.3. The Morgan fingerprint density at radius 3 is 2.33 bits per heavy atom.